The van der Waals surface area contributed by atoms with E-state index >= 15 is 0 Å². The molecule has 1 fully saturated rings. The van der Waals surface area contributed by atoms with E-state index in [1.54, 1.807) is 24.3 Å². The molecule has 0 heterocycles. The fourth-order valence-corrected chi connectivity index (χ4v) is 4.39. The van der Waals surface area contributed by atoms with E-state index in [0.717, 1.165) is 0 Å². The molecule has 3 aliphatic rings. The number of allylic oxidation sites excluding steroid dienone is 2. The van der Waals surface area contributed by atoms with Crippen LogP contribution in [-0.4, -0.2) is 57.4 Å². The molecule has 0 aromatic heterocycles. The standard InChI is InChI=1S/C22H24O8/c1-27-14-7-5-12(10-15(14)28-2)17-18-11(6-8-16(23)29-3)9-13(20(24)21(18)25)19(17)22(26)30-4/h5-10,13,17-19,21,25H,1-4H3/b8-6+/t13-,17+,18+,19+,21+/m1/s1. The normalized spacial score (nSPS) is 27.6. The summed E-state index contributed by atoms with van der Waals surface area (Å²) in [6, 6.07) is 5.19. The van der Waals surface area contributed by atoms with E-state index in [4.69, 9.17) is 14.2 Å². The minimum atomic E-state index is -1.32. The highest BCUT2D eigenvalue weighted by Gasteiger charge is 2.56. The molecule has 0 saturated heterocycles. The average Bonchev–Trinajstić information content (AvgIpc) is 2.78. The molecule has 0 radical (unpaired) electrons. The number of carbonyl (C=O) groups excluding carboxylic acids is 3. The van der Waals surface area contributed by atoms with Gasteiger partial charge in [0.2, 0.25) is 0 Å². The monoisotopic (exact) mass is 416 g/mol. The van der Waals surface area contributed by atoms with Crippen LogP contribution in [0.15, 0.2) is 42.0 Å². The Bertz CT molecular complexity index is 916. The van der Waals surface area contributed by atoms with Gasteiger partial charge in [-0.25, -0.2) is 4.79 Å². The van der Waals surface area contributed by atoms with Crippen LogP contribution < -0.4 is 9.47 Å². The summed E-state index contributed by atoms with van der Waals surface area (Å²) >= 11 is 0. The number of ether oxygens (including phenoxy) is 4. The maximum Gasteiger partial charge on any atom is 0.330 e. The number of esters is 2. The molecule has 8 heteroatoms. The van der Waals surface area contributed by atoms with Gasteiger partial charge in [-0.2, -0.15) is 0 Å². The molecule has 3 aliphatic carbocycles. The summed E-state index contributed by atoms with van der Waals surface area (Å²) < 4.78 is 20.3. The summed E-state index contributed by atoms with van der Waals surface area (Å²) in [6.07, 6.45) is 3.04. The highest BCUT2D eigenvalue weighted by molar-refractivity contribution is 5.96. The van der Waals surface area contributed by atoms with Crippen molar-refractivity contribution in [2.45, 2.75) is 12.0 Å². The van der Waals surface area contributed by atoms with Crippen molar-refractivity contribution in [2.24, 2.45) is 17.8 Å². The van der Waals surface area contributed by atoms with E-state index in [2.05, 4.69) is 4.74 Å². The molecule has 0 amide bonds. The van der Waals surface area contributed by atoms with Crippen LogP contribution in [0.25, 0.3) is 0 Å². The first-order valence-corrected chi connectivity index (χ1v) is 9.37. The predicted molar refractivity (Wildman–Crippen MR) is 105 cm³/mol. The third kappa shape index (κ3) is 3.59. The molecule has 0 unspecified atom stereocenters. The second-order valence-electron chi connectivity index (χ2n) is 7.11. The van der Waals surface area contributed by atoms with Crippen LogP contribution in [0.1, 0.15) is 11.5 Å². The highest BCUT2D eigenvalue weighted by atomic mass is 16.5. The lowest BCUT2D eigenvalue weighted by molar-refractivity contribution is -0.158. The first kappa shape index (κ1) is 21.6. The summed E-state index contributed by atoms with van der Waals surface area (Å²) in [6.45, 7) is 0. The summed E-state index contributed by atoms with van der Waals surface area (Å²) in [4.78, 5) is 36.9. The summed E-state index contributed by atoms with van der Waals surface area (Å²) in [5.74, 6) is -3.60. The highest BCUT2D eigenvalue weighted by Crippen LogP contribution is 2.53. The zero-order valence-corrected chi connectivity index (χ0v) is 17.2. The fourth-order valence-electron chi connectivity index (χ4n) is 4.39. The van der Waals surface area contributed by atoms with E-state index in [0.29, 0.717) is 22.6 Å². The lowest BCUT2D eigenvalue weighted by atomic mass is 9.55. The van der Waals surface area contributed by atoms with Gasteiger partial charge in [-0.3, -0.25) is 9.59 Å². The number of rotatable bonds is 6. The molecule has 5 atom stereocenters. The molecule has 160 valence electrons. The molecule has 1 aromatic carbocycles. The number of aliphatic hydroxyl groups is 1. The van der Waals surface area contributed by atoms with Gasteiger partial charge in [0.05, 0.1) is 40.3 Å². The van der Waals surface area contributed by atoms with Crippen molar-refractivity contribution in [1.29, 1.82) is 0 Å². The predicted octanol–water partition coefficient (Wildman–Crippen LogP) is 1.42. The van der Waals surface area contributed by atoms with Crippen molar-refractivity contribution < 1.29 is 38.4 Å². The molecule has 1 aromatic rings. The second kappa shape index (κ2) is 8.71. The Morgan fingerprint density at radius 2 is 1.70 bits per heavy atom. The number of methoxy groups -OCH3 is 4. The van der Waals surface area contributed by atoms with Crippen LogP contribution in [0, 0.1) is 17.8 Å². The Morgan fingerprint density at radius 3 is 2.30 bits per heavy atom. The van der Waals surface area contributed by atoms with Gasteiger partial charge in [-0.05, 0) is 23.3 Å². The van der Waals surface area contributed by atoms with Gasteiger partial charge < -0.3 is 24.1 Å². The van der Waals surface area contributed by atoms with Gasteiger partial charge in [-0.15, -0.1) is 0 Å². The minimum absolute atomic E-state index is 0.442. The van der Waals surface area contributed by atoms with Crippen LogP contribution in [0.4, 0.5) is 0 Å². The molecule has 0 aliphatic heterocycles. The Labute approximate surface area is 174 Å². The van der Waals surface area contributed by atoms with Crippen molar-refractivity contribution in [3.05, 3.63) is 47.6 Å². The molecule has 1 saturated carbocycles. The van der Waals surface area contributed by atoms with Crippen molar-refractivity contribution in [2.75, 3.05) is 28.4 Å². The zero-order valence-electron chi connectivity index (χ0n) is 17.2. The molecule has 2 bridgehead atoms. The fraction of sp³-hybridized carbons (Fsp3) is 0.409. The quantitative estimate of drug-likeness (QED) is 0.548. The molecule has 4 rings (SSSR count). The topological polar surface area (TPSA) is 108 Å². The van der Waals surface area contributed by atoms with Crippen molar-refractivity contribution in [3.8, 4) is 11.5 Å². The molecular weight excluding hydrogens is 392 g/mol. The van der Waals surface area contributed by atoms with Crippen molar-refractivity contribution >= 4 is 17.7 Å². The zero-order chi connectivity index (χ0) is 22.0. The number of aliphatic hydroxyl groups excluding tert-OH is 1. The van der Waals surface area contributed by atoms with E-state index in [-0.39, 0.29) is 0 Å². The lowest BCUT2D eigenvalue weighted by Crippen LogP contribution is -2.54. The largest absolute Gasteiger partial charge is 0.493 e. The molecular formula is C22H24O8. The molecule has 8 nitrogen and oxygen atoms in total. The smallest absolute Gasteiger partial charge is 0.330 e. The summed E-state index contributed by atoms with van der Waals surface area (Å²) in [5, 5.41) is 10.7. The average molecular weight is 416 g/mol. The van der Waals surface area contributed by atoms with Gasteiger partial charge in [0.15, 0.2) is 17.3 Å². The Balaban J connectivity index is 2.15. The third-order valence-corrected chi connectivity index (χ3v) is 5.76. The number of hydrogen-bond donors (Lipinski definition) is 1. The van der Waals surface area contributed by atoms with Gasteiger partial charge >= 0.3 is 11.9 Å². The second-order valence-corrected chi connectivity index (χ2v) is 7.11. The first-order chi connectivity index (χ1) is 14.4. The number of hydrogen-bond acceptors (Lipinski definition) is 8. The van der Waals surface area contributed by atoms with E-state index in [1.807, 2.05) is 0 Å². The summed E-state index contributed by atoms with van der Waals surface area (Å²) in [7, 11) is 5.53. The summed E-state index contributed by atoms with van der Waals surface area (Å²) in [5.41, 5.74) is 1.26. The Morgan fingerprint density at radius 1 is 1.00 bits per heavy atom. The maximum absolute atomic E-state index is 12.7. The third-order valence-electron chi connectivity index (χ3n) is 5.76. The van der Waals surface area contributed by atoms with Gasteiger partial charge in [-0.1, -0.05) is 18.2 Å². The van der Waals surface area contributed by atoms with Crippen molar-refractivity contribution in [3.63, 3.8) is 0 Å². The minimum Gasteiger partial charge on any atom is -0.493 e. The van der Waals surface area contributed by atoms with Gasteiger partial charge in [0, 0.05) is 17.9 Å². The maximum atomic E-state index is 12.7. The van der Waals surface area contributed by atoms with Crippen molar-refractivity contribution in [1.82, 2.24) is 0 Å². The Kier molecular flexibility index (Phi) is 6.26. The molecule has 0 spiro atoms. The van der Waals surface area contributed by atoms with Crippen LogP contribution in [-0.2, 0) is 23.9 Å². The van der Waals surface area contributed by atoms with E-state index < -0.39 is 47.5 Å². The number of carbonyl (C=O) groups is 3. The van der Waals surface area contributed by atoms with Gasteiger partial charge in [0.1, 0.15) is 6.10 Å². The molecule has 30 heavy (non-hydrogen) atoms. The van der Waals surface area contributed by atoms with Gasteiger partial charge in [0.25, 0.3) is 0 Å². The lowest BCUT2D eigenvalue weighted by Gasteiger charge is -2.47. The number of ketones is 1. The number of fused-ring (bicyclic) bond motifs is 2. The van der Waals surface area contributed by atoms with Crippen LogP contribution in [0.5, 0.6) is 11.5 Å². The molecule has 1 N–H and O–H groups in total. The number of benzene rings is 1. The number of Topliss-reactive ketones (excluding diaryl/α,β-unsaturated/α-hetero) is 1. The van der Waals surface area contributed by atoms with Crippen LogP contribution in [0.3, 0.4) is 0 Å². The SMILES string of the molecule is COC(=O)/C=C/C1=C[C@H]2C(=O)[C@@H](O)[C@@H]1[C@H](c1ccc(OC)c(OC)c1)[C@H]2C(=O)OC. The van der Waals surface area contributed by atoms with E-state index in [1.165, 1.54) is 40.6 Å². The Hall–Kier alpha value is -3.13. The van der Waals surface area contributed by atoms with E-state index in [9.17, 15) is 19.5 Å². The first-order valence-electron chi connectivity index (χ1n) is 9.37. The van der Waals surface area contributed by atoms with Crippen LogP contribution >= 0.6 is 0 Å². The van der Waals surface area contributed by atoms with Crippen LogP contribution in [0.2, 0.25) is 0 Å².